The molecule has 0 radical (unpaired) electrons. The van der Waals surface area contributed by atoms with E-state index < -0.39 is 0 Å². The maximum absolute atomic E-state index is 5.89. The Labute approximate surface area is 97.6 Å². The largest absolute Gasteiger partial charge is 0.490 e. The molecule has 16 heavy (non-hydrogen) atoms. The number of nitrogens with two attached hydrogens (primary N) is 1. The van der Waals surface area contributed by atoms with E-state index in [9.17, 15) is 0 Å². The first-order chi connectivity index (χ1) is 7.77. The minimum absolute atomic E-state index is 0.0969. The van der Waals surface area contributed by atoms with E-state index in [4.69, 9.17) is 15.2 Å². The first-order valence-corrected chi connectivity index (χ1v) is 5.88. The number of benzene rings is 1. The Kier molecular flexibility index (Phi) is 5.72. The van der Waals surface area contributed by atoms with Gasteiger partial charge in [-0.15, -0.1) is 0 Å². The Morgan fingerprint density at radius 2 is 1.75 bits per heavy atom. The van der Waals surface area contributed by atoms with Gasteiger partial charge in [-0.05, 0) is 25.5 Å². The Bertz CT molecular complexity index is 302. The van der Waals surface area contributed by atoms with Gasteiger partial charge in [0, 0.05) is 6.04 Å². The summed E-state index contributed by atoms with van der Waals surface area (Å²) >= 11 is 0. The van der Waals surface area contributed by atoms with Crippen LogP contribution in [0.3, 0.4) is 0 Å². The molecule has 1 atom stereocenters. The summed E-state index contributed by atoms with van der Waals surface area (Å²) in [4.78, 5) is 0. The average molecular weight is 223 g/mol. The second kappa shape index (κ2) is 7.12. The van der Waals surface area contributed by atoms with Crippen molar-refractivity contribution in [2.24, 2.45) is 5.73 Å². The molecule has 0 aliphatic rings. The monoisotopic (exact) mass is 223 g/mol. The minimum Gasteiger partial charge on any atom is -0.490 e. The van der Waals surface area contributed by atoms with Gasteiger partial charge in [0.15, 0.2) is 11.5 Å². The fourth-order valence-corrected chi connectivity index (χ4v) is 1.50. The molecule has 1 unspecified atom stereocenters. The van der Waals surface area contributed by atoms with Crippen molar-refractivity contribution in [1.82, 2.24) is 0 Å². The molecule has 1 aromatic rings. The van der Waals surface area contributed by atoms with Crippen LogP contribution in [0.1, 0.15) is 26.7 Å². The fourth-order valence-electron chi connectivity index (χ4n) is 1.50. The molecule has 2 N–H and O–H groups in total. The molecule has 0 amide bonds. The van der Waals surface area contributed by atoms with Gasteiger partial charge in [-0.1, -0.05) is 25.5 Å². The van der Waals surface area contributed by atoms with Crippen molar-refractivity contribution in [3.05, 3.63) is 24.3 Å². The zero-order chi connectivity index (χ0) is 11.8. The first-order valence-electron chi connectivity index (χ1n) is 5.88. The third-order valence-electron chi connectivity index (χ3n) is 2.26. The molecule has 90 valence electrons. The summed E-state index contributed by atoms with van der Waals surface area (Å²) in [7, 11) is 0. The second-order valence-corrected chi connectivity index (χ2v) is 3.74. The number of hydrogen-bond acceptors (Lipinski definition) is 3. The van der Waals surface area contributed by atoms with E-state index in [-0.39, 0.29) is 6.04 Å². The highest BCUT2D eigenvalue weighted by atomic mass is 16.5. The lowest BCUT2D eigenvalue weighted by molar-refractivity contribution is 0.256. The van der Waals surface area contributed by atoms with Crippen LogP contribution < -0.4 is 15.2 Å². The smallest absolute Gasteiger partial charge is 0.161 e. The number of para-hydroxylation sites is 2. The van der Waals surface area contributed by atoms with Crippen molar-refractivity contribution in [3.63, 3.8) is 0 Å². The summed E-state index contributed by atoms with van der Waals surface area (Å²) in [5.41, 5.74) is 5.89. The normalized spacial score (nSPS) is 12.2. The van der Waals surface area contributed by atoms with E-state index in [0.29, 0.717) is 13.2 Å². The van der Waals surface area contributed by atoms with Gasteiger partial charge in [-0.2, -0.15) is 0 Å². The van der Waals surface area contributed by atoms with Crippen molar-refractivity contribution < 1.29 is 9.47 Å². The molecular weight excluding hydrogens is 202 g/mol. The van der Waals surface area contributed by atoms with Crippen molar-refractivity contribution >= 4 is 0 Å². The van der Waals surface area contributed by atoms with E-state index in [1.807, 2.05) is 31.2 Å². The lowest BCUT2D eigenvalue weighted by Crippen LogP contribution is -2.27. The molecule has 0 aliphatic carbocycles. The fraction of sp³-hybridized carbons (Fsp3) is 0.538. The summed E-state index contributed by atoms with van der Waals surface area (Å²) in [6, 6.07) is 7.78. The van der Waals surface area contributed by atoms with Crippen LogP contribution in [0.2, 0.25) is 0 Å². The number of hydrogen-bond donors (Lipinski definition) is 1. The molecule has 1 aromatic carbocycles. The summed E-state index contributed by atoms with van der Waals surface area (Å²) in [6.07, 6.45) is 2.06. The van der Waals surface area contributed by atoms with Crippen molar-refractivity contribution in [3.8, 4) is 11.5 Å². The maximum atomic E-state index is 5.89. The SMILES string of the molecule is CCCC(N)COc1ccccc1OCC. The number of rotatable bonds is 7. The van der Waals surface area contributed by atoms with Crippen LogP contribution in [0.15, 0.2) is 24.3 Å². The molecule has 0 aliphatic heterocycles. The van der Waals surface area contributed by atoms with Gasteiger partial charge in [0.1, 0.15) is 6.61 Å². The molecule has 0 aromatic heterocycles. The van der Waals surface area contributed by atoms with Crippen LogP contribution in [0.5, 0.6) is 11.5 Å². The molecule has 0 spiro atoms. The molecular formula is C13H21NO2. The molecule has 0 heterocycles. The Morgan fingerprint density at radius 3 is 2.31 bits per heavy atom. The van der Waals surface area contributed by atoms with E-state index in [2.05, 4.69) is 6.92 Å². The summed E-state index contributed by atoms with van der Waals surface area (Å²) < 4.78 is 11.1. The first kappa shape index (κ1) is 12.8. The Morgan fingerprint density at radius 1 is 1.12 bits per heavy atom. The molecule has 0 saturated carbocycles. The van der Waals surface area contributed by atoms with Gasteiger partial charge in [0.05, 0.1) is 6.61 Å². The van der Waals surface area contributed by atoms with E-state index in [0.717, 1.165) is 24.3 Å². The summed E-state index contributed by atoms with van der Waals surface area (Å²) in [5, 5.41) is 0. The predicted molar refractivity (Wildman–Crippen MR) is 66.0 cm³/mol. The Balaban J connectivity index is 2.52. The Hall–Kier alpha value is -1.22. The molecule has 1 rings (SSSR count). The van der Waals surface area contributed by atoms with Gasteiger partial charge in [0.2, 0.25) is 0 Å². The van der Waals surface area contributed by atoms with Gasteiger partial charge in [-0.25, -0.2) is 0 Å². The molecule has 0 fully saturated rings. The lowest BCUT2D eigenvalue weighted by atomic mass is 10.2. The third-order valence-corrected chi connectivity index (χ3v) is 2.26. The van der Waals surface area contributed by atoms with Crippen LogP contribution in [0, 0.1) is 0 Å². The predicted octanol–water partition coefficient (Wildman–Crippen LogP) is 2.59. The van der Waals surface area contributed by atoms with Gasteiger partial charge < -0.3 is 15.2 Å². The van der Waals surface area contributed by atoms with Crippen molar-refractivity contribution in [1.29, 1.82) is 0 Å². The van der Waals surface area contributed by atoms with Gasteiger partial charge in [-0.3, -0.25) is 0 Å². The second-order valence-electron chi connectivity index (χ2n) is 3.74. The summed E-state index contributed by atoms with van der Waals surface area (Å²) in [6.45, 7) is 5.26. The van der Waals surface area contributed by atoms with E-state index >= 15 is 0 Å². The van der Waals surface area contributed by atoms with Crippen LogP contribution in [0.25, 0.3) is 0 Å². The van der Waals surface area contributed by atoms with Gasteiger partial charge in [0.25, 0.3) is 0 Å². The molecule has 3 heteroatoms. The highest BCUT2D eigenvalue weighted by molar-refractivity contribution is 5.39. The van der Waals surface area contributed by atoms with E-state index in [1.54, 1.807) is 0 Å². The zero-order valence-corrected chi connectivity index (χ0v) is 10.1. The van der Waals surface area contributed by atoms with Gasteiger partial charge >= 0.3 is 0 Å². The van der Waals surface area contributed by atoms with Crippen molar-refractivity contribution in [2.75, 3.05) is 13.2 Å². The highest BCUT2D eigenvalue weighted by Gasteiger charge is 2.06. The van der Waals surface area contributed by atoms with Crippen LogP contribution >= 0.6 is 0 Å². The van der Waals surface area contributed by atoms with E-state index in [1.165, 1.54) is 0 Å². The molecule has 0 saturated heterocycles. The minimum atomic E-state index is 0.0969. The topological polar surface area (TPSA) is 44.5 Å². The maximum Gasteiger partial charge on any atom is 0.161 e. The van der Waals surface area contributed by atoms with Crippen LogP contribution in [-0.4, -0.2) is 19.3 Å². The standard InChI is InChI=1S/C13H21NO2/c1-3-7-11(14)10-16-13-9-6-5-8-12(13)15-4-2/h5-6,8-9,11H,3-4,7,10,14H2,1-2H3. The molecule has 3 nitrogen and oxygen atoms in total. The lowest BCUT2D eigenvalue weighted by Gasteiger charge is -2.14. The van der Waals surface area contributed by atoms with Crippen molar-refractivity contribution in [2.45, 2.75) is 32.7 Å². The van der Waals surface area contributed by atoms with Crippen LogP contribution in [-0.2, 0) is 0 Å². The highest BCUT2D eigenvalue weighted by Crippen LogP contribution is 2.26. The summed E-state index contributed by atoms with van der Waals surface area (Å²) in [5.74, 6) is 1.56. The van der Waals surface area contributed by atoms with Crippen LogP contribution in [0.4, 0.5) is 0 Å². The average Bonchev–Trinajstić information content (AvgIpc) is 2.29. The molecule has 0 bridgehead atoms. The quantitative estimate of drug-likeness (QED) is 0.772. The third kappa shape index (κ3) is 4.11. The zero-order valence-electron chi connectivity index (χ0n) is 10.1. The number of ether oxygens (including phenoxy) is 2.